The average molecular weight is 660 g/mol. The van der Waals surface area contributed by atoms with Crippen LogP contribution < -0.4 is 14.4 Å². The number of ketones is 2. The summed E-state index contributed by atoms with van der Waals surface area (Å²) in [5.41, 5.74) is 1.89. The highest BCUT2D eigenvalue weighted by Crippen LogP contribution is 2.74. The molecule has 4 atom stereocenters. The van der Waals surface area contributed by atoms with Gasteiger partial charge in [-0.1, -0.05) is 84.9 Å². The number of fused-ring (bicyclic) bond motifs is 5. The summed E-state index contributed by atoms with van der Waals surface area (Å²) >= 11 is 0. The highest BCUT2D eigenvalue weighted by molar-refractivity contribution is 6.39. The van der Waals surface area contributed by atoms with Gasteiger partial charge >= 0.3 is 0 Å². The van der Waals surface area contributed by atoms with Gasteiger partial charge in [0.2, 0.25) is 11.8 Å². The minimum absolute atomic E-state index is 0.125. The molecule has 2 fully saturated rings. The Kier molecular flexibility index (Phi) is 7.19. The van der Waals surface area contributed by atoms with Gasteiger partial charge in [0.15, 0.2) is 11.6 Å². The zero-order valence-electron chi connectivity index (χ0n) is 27.8. The van der Waals surface area contributed by atoms with E-state index < -0.39 is 34.5 Å². The summed E-state index contributed by atoms with van der Waals surface area (Å²) in [6, 6.07) is 40.3. The van der Waals surface area contributed by atoms with Gasteiger partial charge in [0.1, 0.15) is 11.5 Å². The fourth-order valence-corrected chi connectivity index (χ4v) is 8.74. The summed E-state index contributed by atoms with van der Waals surface area (Å²) in [6.45, 7) is 1.47. The second kappa shape index (κ2) is 11.5. The minimum Gasteiger partial charge on any atom is -0.497 e. The van der Waals surface area contributed by atoms with E-state index in [2.05, 4.69) is 0 Å². The van der Waals surface area contributed by atoms with Gasteiger partial charge in [-0.2, -0.15) is 0 Å². The van der Waals surface area contributed by atoms with Gasteiger partial charge in [0, 0.05) is 5.56 Å². The lowest BCUT2D eigenvalue weighted by molar-refractivity contribution is -0.130. The van der Waals surface area contributed by atoms with Crippen LogP contribution in [0.4, 0.5) is 5.69 Å². The summed E-state index contributed by atoms with van der Waals surface area (Å²) < 4.78 is 11.0. The van der Waals surface area contributed by atoms with Crippen LogP contribution in [-0.2, 0) is 25.2 Å². The number of rotatable bonds is 8. The van der Waals surface area contributed by atoms with Crippen LogP contribution in [0.1, 0.15) is 39.5 Å². The lowest BCUT2D eigenvalue weighted by atomic mass is 9.59. The molecule has 1 heterocycles. The van der Waals surface area contributed by atoms with Crippen LogP contribution in [0.3, 0.4) is 0 Å². The molecule has 1 saturated heterocycles. The van der Waals surface area contributed by atoms with Crippen molar-refractivity contribution in [2.75, 3.05) is 19.1 Å². The zero-order valence-corrected chi connectivity index (χ0v) is 27.8. The van der Waals surface area contributed by atoms with Crippen molar-refractivity contribution in [3.63, 3.8) is 0 Å². The predicted molar refractivity (Wildman–Crippen MR) is 190 cm³/mol. The van der Waals surface area contributed by atoms with Gasteiger partial charge in [-0.25, -0.2) is 4.90 Å². The van der Waals surface area contributed by atoms with E-state index in [-0.39, 0.29) is 11.6 Å². The number of Topliss-reactive ketones (excluding diaryl/α,β-unsaturated/α-hetero) is 2. The van der Waals surface area contributed by atoms with E-state index in [4.69, 9.17) is 9.47 Å². The van der Waals surface area contributed by atoms with Crippen molar-refractivity contribution >= 4 is 40.2 Å². The summed E-state index contributed by atoms with van der Waals surface area (Å²) in [6.07, 6.45) is 0. The molecule has 1 aliphatic heterocycles. The first-order valence-corrected chi connectivity index (χ1v) is 16.5. The van der Waals surface area contributed by atoms with E-state index >= 15 is 14.4 Å². The van der Waals surface area contributed by atoms with Crippen molar-refractivity contribution in [2.24, 2.45) is 11.8 Å². The molecule has 7 nitrogen and oxygen atoms in total. The number of carbonyl (C=O) groups is 4. The number of carbonyl (C=O) groups excluding carboxylic acids is 4. The molecule has 0 spiro atoms. The molecule has 2 bridgehead atoms. The second-order valence-corrected chi connectivity index (χ2v) is 13.0. The third-order valence-corrected chi connectivity index (χ3v) is 10.7. The van der Waals surface area contributed by atoms with Crippen molar-refractivity contribution in [1.82, 2.24) is 0 Å². The lowest BCUT2D eigenvalue weighted by Crippen LogP contribution is -2.45. The number of amides is 2. The van der Waals surface area contributed by atoms with E-state index in [1.165, 1.54) is 11.8 Å². The molecule has 0 unspecified atom stereocenters. The molecule has 7 heteroatoms. The second-order valence-electron chi connectivity index (χ2n) is 13.0. The van der Waals surface area contributed by atoms with Crippen molar-refractivity contribution in [1.29, 1.82) is 0 Å². The smallest absolute Gasteiger partial charge is 0.239 e. The Morgan fingerprint density at radius 2 is 0.960 bits per heavy atom. The number of allylic oxidation sites excluding steroid dienone is 2. The van der Waals surface area contributed by atoms with Crippen LogP contribution in [0, 0.1) is 11.8 Å². The third kappa shape index (κ3) is 4.03. The maximum atomic E-state index is 16.0. The number of ether oxygens (including phenoxy) is 2. The van der Waals surface area contributed by atoms with Gasteiger partial charge in [-0.15, -0.1) is 0 Å². The van der Waals surface area contributed by atoms with Crippen LogP contribution in [0.15, 0.2) is 133 Å². The number of imide groups is 1. The van der Waals surface area contributed by atoms with Crippen molar-refractivity contribution in [3.8, 4) is 11.5 Å². The standard InChI is InChI=1S/C43H33NO6/c1-26(45)27-14-20-32(21-15-27)44-39(46)37-38(40(44)47)43(31-12-8-5-9-13-31)36(29-18-24-34(50-3)25-19-29)35(28-16-22-33(49-2)23-17-28)42(37,41(43)48)30-10-6-4-7-11-30/h4-25,37-38H,1-3H3/t37-,38+,42-,43-/m1/s1. The SMILES string of the molecule is COc1ccc(C2=C(c3ccc(OC)cc3)[C@@]3(c4ccccc4)C(=O)[C@@]2(c2ccccc2)[C@@H]2C(=O)N(c4ccc(C(C)=O)cc4)C(=O)[C@@H]23)cc1. The van der Waals surface area contributed by atoms with Gasteiger partial charge in [-0.3, -0.25) is 19.2 Å². The molecule has 8 rings (SSSR count). The first-order chi connectivity index (χ1) is 24.3. The zero-order chi connectivity index (χ0) is 34.8. The number of nitrogens with zero attached hydrogens (tertiary/aromatic N) is 1. The van der Waals surface area contributed by atoms with Gasteiger partial charge in [0.25, 0.3) is 0 Å². The van der Waals surface area contributed by atoms with Crippen molar-refractivity contribution < 1.29 is 28.7 Å². The first-order valence-electron chi connectivity index (χ1n) is 16.5. The minimum atomic E-state index is -1.54. The average Bonchev–Trinajstić information content (AvgIpc) is 3.67. The quantitative estimate of drug-likeness (QED) is 0.131. The molecule has 50 heavy (non-hydrogen) atoms. The molecular weight excluding hydrogens is 626 g/mol. The lowest BCUT2D eigenvalue weighted by Gasteiger charge is -2.39. The van der Waals surface area contributed by atoms with Crippen LogP contribution in [0.2, 0.25) is 0 Å². The summed E-state index contributed by atoms with van der Waals surface area (Å²) in [5.74, 6) is -2.07. The van der Waals surface area contributed by atoms with E-state index in [0.717, 1.165) is 11.1 Å². The van der Waals surface area contributed by atoms with E-state index in [0.29, 0.717) is 45.0 Å². The van der Waals surface area contributed by atoms with E-state index in [1.807, 2.05) is 109 Å². The fourth-order valence-electron chi connectivity index (χ4n) is 8.74. The summed E-state index contributed by atoms with van der Waals surface area (Å²) in [4.78, 5) is 59.6. The Balaban J connectivity index is 1.51. The topological polar surface area (TPSA) is 90.0 Å². The highest BCUT2D eigenvalue weighted by Gasteiger charge is 2.82. The Hall–Kier alpha value is -6.08. The molecule has 246 valence electrons. The van der Waals surface area contributed by atoms with E-state index in [1.54, 1.807) is 38.5 Å². The molecule has 3 aliphatic rings. The van der Waals surface area contributed by atoms with Crippen LogP contribution >= 0.6 is 0 Å². The van der Waals surface area contributed by atoms with Crippen molar-refractivity contribution in [3.05, 3.63) is 161 Å². The Bertz CT molecular complexity index is 2080. The number of methoxy groups -OCH3 is 2. The Labute approximate surface area is 289 Å². The maximum absolute atomic E-state index is 16.0. The molecular formula is C43H33NO6. The number of hydrogen-bond donors (Lipinski definition) is 0. The predicted octanol–water partition coefficient (Wildman–Crippen LogP) is 7.10. The van der Waals surface area contributed by atoms with Gasteiger partial charge < -0.3 is 9.47 Å². The Morgan fingerprint density at radius 1 is 0.560 bits per heavy atom. The number of anilines is 1. The third-order valence-electron chi connectivity index (χ3n) is 10.7. The van der Waals surface area contributed by atoms with Crippen LogP contribution in [0.5, 0.6) is 11.5 Å². The van der Waals surface area contributed by atoms with Crippen LogP contribution in [0.25, 0.3) is 11.1 Å². The summed E-state index contributed by atoms with van der Waals surface area (Å²) in [5, 5.41) is 0. The highest BCUT2D eigenvalue weighted by atomic mass is 16.5. The molecule has 2 amide bonds. The molecule has 1 saturated carbocycles. The number of benzene rings is 5. The Morgan fingerprint density at radius 3 is 1.32 bits per heavy atom. The molecule has 5 aromatic rings. The largest absolute Gasteiger partial charge is 0.497 e. The molecule has 2 aliphatic carbocycles. The van der Waals surface area contributed by atoms with Gasteiger partial charge in [0.05, 0.1) is 42.6 Å². The van der Waals surface area contributed by atoms with Gasteiger partial charge in [-0.05, 0) is 88.9 Å². The van der Waals surface area contributed by atoms with Crippen molar-refractivity contribution in [2.45, 2.75) is 17.8 Å². The number of hydrogen-bond acceptors (Lipinski definition) is 6. The maximum Gasteiger partial charge on any atom is 0.239 e. The fraction of sp³-hybridized carbons (Fsp3) is 0.163. The normalized spacial score (nSPS) is 23.7. The molecule has 0 N–H and O–H groups in total. The molecule has 5 aromatic carbocycles. The van der Waals surface area contributed by atoms with Crippen LogP contribution in [-0.4, -0.2) is 37.6 Å². The van der Waals surface area contributed by atoms with E-state index in [9.17, 15) is 4.79 Å². The first kappa shape index (κ1) is 31.2. The molecule has 0 radical (unpaired) electrons. The monoisotopic (exact) mass is 659 g/mol. The molecule has 0 aromatic heterocycles. The summed E-state index contributed by atoms with van der Waals surface area (Å²) in [7, 11) is 3.19.